The van der Waals surface area contributed by atoms with E-state index >= 15 is 0 Å². The van der Waals surface area contributed by atoms with Crippen molar-refractivity contribution in [2.45, 2.75) is 12.5 Å². The van der Waals surface area contributed by atoms with Gasteiger partial charge in [0.15, 0.2) is 6.61 Å². The smallest absolute Gasteiger partial charge is 0.329 e. The third-order valence-corrected chi connectivity index (χ3v) is 4.52. The maximum absolute atomic E-state index is 12.5. The number of esters is 1. The van der Waals surface area contributed by atoms with Crippen LogP contribution in [0.5, 0.6) is 0 Å². The van der Waals surface area contributed by atoms with E-state index < -0.39 is 30.6 Å². The number of hydrogen-bond acceptors (Lipinski definition) is 4. The predicted molar refractivity (Wildman–Crippen MR) is 118 cm³/mol. The average molecular weight is 417 g/mol. The Bertz CT molecular complexity index is 1040. The quantitative estimate of drug-likeness (QED) is 0.489. The van der Waals surface area contributed by atoms with Gasteiger partial charge >= 0.3 is 12.0 Å². The molecule has 3 rings (SSSR count). The van der Waals surface area contributed by atoms with Gasteiger partial charge in [-0.3, -0.25) is 4.79 Å². The number of primary amides is 1. The zero-order chi connectivity index (χ0) is 22.1. The first-order valence-electron chi connectivity index (χ1n) is 9.74. The first-order chi connectivity index (χ1) is 15.0. The van der Waals surface area contributed by atoms with Crippen LogP contribution in [0.1, 0.15) is 5.56 Å². The van der Waals surface area contributed by atoms with Crippen LogP contribution in [-0.2, 0) is 20.7 Å². The van der Waals surface area contributed by atoms with Gasteiger partial charge in [-0.15, -0.1) is 0 Å². The molecule has 7 nitrogen and oxygen atoms in total. The lowest BCUT2D eigenvalue weighted by Gasteiger charge is -2.17. The Labute approximate surface area is 180 Å². The lowest BCUT2D eigenvalue weighted by Crippen LogP contribution is -2.46. The molecule has 3 amide bonds. The largest absolute Gasteiger partial charge is 0.454 e. The molecular weight excluding hydrogens is 394 g/mol. The third kappa shape index (κ3) is 6.43. The summed E-state index contributed by atoms with van der Waals surface area (Å²) in [5.74, 6) is -1.23. The van der Waals surface area contributed by atoms with E-state index in [0.29, 0.717) is 5.69 Å². The molecule has 0 bridgehead atoms. The van der Waals surface area contributed by atoms with E-state index in [2.05, 4.69) is 10.6 Å². The molecule has 31 heavy (non-hydrogen) atoms. The van der Waals surface area contributed by atoms with E-state index in [9.17, 15) is 14.4 Å². The van der Waals surface area contributed by atoms with E-state index in [1.165, 1.54) is 0 Å². The van der Waals surface area contributed by atoms with Gasteiger partial charge in [0.25, 0.3) is 5.91 Å². The number of benzene rings is 3. The highest BCUT2D eigenvalue weighted by molar-refractivity contribution is 5.97. The monoisotopic (exact) mass is 417 g/mol. The summed E-state index contributed by atoms with van der Waals surface area (Å²) in [5, 5.41) is 5.13. The standard InChI is InChI=1S/C24H23N3O4/c25-24(30)27-21(15-17-9-3-1-4-10-17)23(29)31-16-22(28)26-20-14-8-7-13-19(20)18-11-5-2-6-12-18/h1-14,21H,15-16H2,(H,26,28)(H3,25,27,30)/t21-/m0/s1. The summed E-state index contributed by atoms with van der Waals surface area (Å²) in [6.45, 7) is -0.492. The SMILES string of the molecule is NC(=O)N[C@@H](Cc1ccccc1)C(=O)OCC(=O)Nc1ccccc1-c1ccccc1. The van der Waals surface area contributed by atoms with Crippen molar-refractivity contribution < 1.29 is 19.1 Å². The maximum Gasteiger partial charge on any atom is 0.329 e. The molecule has 0 aromatic heterocycles. The Morgan fingerprint density at radius 2 is 1.45 bits per heavy atom. The Morgan fingerprint density at radius 1 is 0.839 bits per heavy atom. The van der Waals surface area contributed by atoms with Gasteiger partial charge in [-0.2, -0.15) is 0 Å². The van der Waals surface area contributed by atoms with E-state index in [1.807, 2.05) is 72.8 Å². The number of anilines is 1. The Morgan fingerprint density at radius 3 is 2.13 bits per heavy atom. The Balaban J connectivity index is 1.62. The number of rotatable bonds is 8. The van der Waals surface area contributed by atoms with Crippen LogP contribution in [0.15, 0.2) is 84.9 Å². The molecule has 3 aromatic rings. The third-order valence-electron chi connectivity index (χ3n) is 4.52. The second-order valence-electron chi connectivity index (χ2n) is 6.82. The van der Waals surface area contributed by atoms with E-state index in [-0.39, 0.29) is 6.42 Å². The summed E-state index contributed by atoms with van der Waals surface area (Å²) in [6.07, 6.45) is 0.196. The molecule has 0 aliphatic heterocycles. The van der Waals surface area contributed by atoms with Crippen LogP contribution in [0.4, 0.5) is 10.5 Å². The topological polar surface area (TPSA) is 111 Å². The van der Waals surface area contributed by atoms with Crippen molar-refractivity contribution in [3.63, 3.8) is 0 Å². The summed E-state index contributed by atoms with van der Waals surface area (Å²) in [4.78, 5) is 36.1. The van der Waals surface area contributed by atoms with Crippen LogP contribution >= 0.6 is 0 Å². The summed E-state index contributed by atoms with van der Waals surface area (Å²) >= 11 is 0. The van der Waals surface area contributed by atoms with Gasteiger partial charge in [0, 0.05) is 17.7 Å². The molecule has 1 atom stereocenters. The summed E-state index contributed by atoms with van der Waals surface area (Å²) < 4.78 is 5.14. The molecular formula is C24H23N3O4. The summed E-state index contributed by atoms with van der Waals surface area (Å²) in [5.41, 5.74) is 8.39. The van der Waals surface area contributed by atoms with Crippen LogP contribution in [0.2, 0.25) is 0 Å². The minimum absolute atomic E-state index is 0.196. The van der Waals surface area contributed by atoms with E-state index in [1.54, 1.807) is 12.1 Å². The number of carbonyl (C=O) groups excluding carboxylic acids is 3. The van der Waals surface area contributed by atoms with Gasteiger partial charge in [0.1, 0.15) is 6.04 Å². The van der Waals surface area contributed by atoms with Gasteiger partial charge in [0.2, 0.25) is 0 Å². The minimum Gasteiger partial charge on any atom is -0.454 e. The normalized spacial score (nSPS) is 11.2. The highest BCUT2D eigenvalue weighted by Gasteiger charge is 2.23. The minimum atomic E-state index is -0.996. The first-order valence-corrected chi connectivity index (χ1v) is 9.74. The van der Waals surface area contributed by atoms with Gasteiger partial charge in [-0.1, -0.05) is 78.9 Å². The summed E-state index contributed by atoms with van der Waals surface area (Å²) in [7, 11) is 0. The molecule has 0 unspecified atom stereocenters. The van der Waals surface area contributed by atoms with E-state index in [0.717, 1.165) is 16.7 Å². The number of carbonyl (C=O) groups is 3. The first kappa shape index (κ1) is 21.6. The van der Waals surface area contributed by atoms with Crippen molar-refractivity contribution in [3.05, 3.63) is 90.5 Å². The molecule has 0 aliphatic rings. The second-order valence-corrected chi connectivity index (χ2v) is 6.82. The fraction of sp³-hybridized carbons (Fsp3) is 0.125. The van der Waals surface area contributed by atoms with Crippen LogP contribution in [0.25, 0.3) is 11.1 Å². The summed E-state index contributed by atoms with van der Waals surface area (Å²) in [6, 6.07) is 24.2. The molecule has 0 spiro atoms. The fourth-order valence-electron chi connectivity index (χ4n) is 3.10. The molecule has 3 aromatic carbocycles. The number of para-hydroxylation sites is 1. The molecule has 7 heteroatoms. The number of hydrogen-bond donors (Lipinski definition) is 3. The van der Waals surface area contributed by atoms with Gasteiger partial charge < -0.3 is 21.1 Å². The number of nitrogens with one attached hydrogen (secondary N) is 2. The Kier molecular flexibility index (Phi) is 7.37. The second kappa shape index (κ2) is 10.6. The molecule has 0 saturated heterocycles. The van der Waals surface area contributed by atoms with Gasteiger partial charge in [-0.25, -0.2) is 9.59 Å². The average Bonchev–Trinajstić information content (AvgIpc) is 2.78. The predicted octanol–water partition coefficient (Wildman–Crippen LogP) is 3.11. The van der Waals surface area contributed by atoms with E-state index in [4.69, 9.17) is 10.5 Å². The lowest BCUT2D eigenvalue weighted by atomic mass is 10.0. The Hall–Kier alpha value is -4.13. The van der Waals surface area contributed by atoms with Crippen molar-refractivity contribution in [1.29, 1.82) is 0 Å². The van der Waals surface area contributed by atoms with Crippen LogP contribution < -0.4 is 16.4 Å². The molecule has 4 N–H and O–H groups in total. The van der Waals surface area contributed by atoms with Crippen LogP contribution in [0, 0.1) is 0 Å². The molecule has 0 fully saturated rings. The molecule has 0 radical (unpaired) electrons. The van der Waals surface area contributed by atoms with Crippen LogP contribution in [0.3, 0.4) is 0 Å². The highest BCUT2D eigenvalue weighted by atomic mass is 16.5. The molecule has 158 valence electrons. The van der Waals surface area contributed by atoms with Crippen molar-refractivity contribution in [3.8, 4) is 11.1 Å². The molecule has 0 heterocycles. The lowest BCUT2D eigenvalue weighted by molar-refractivity contribution is -0.149. The molecule has 0 aliphatic carbocycles. The fourth-order valence-corrected chi connectivity index (χ4v) is 3.10. The number of urea groups is 1. The van der Waals surface area contributed by atoms with Crippen molar-refractivity contribution in [2.24, 2.45) is 5.73 Å². The zero-order valence-electron chi connectivity index (χ0n) is 16.8. The van der Waals surface area contributed by atoms with Crippen LogP contribution in [-0.4, -0.2) is 30.6 Å². The number of ether oxygens (including phenoxy) is 1. The number of nitrogens with two attached hydrogens (primary N) is 1. The highest BCUT2D eigenvalue weighted by Crippen LogP contribution is 2.27. The van der Waals surface area contributed by atoms with Crippen molar-refractivity contribution in [2.75, 3.05) is 11.9 Å². The van der Waals surface area contributed by atoms with Gasteiger partial charge in [-0.05, 0) is 17.2 Å². The molecule has 0 saturated carbocycles. The van der Waals surface area contributed by atoms with Crippen molar-refractivity contribution >= 4 is 23.6 Å². The maximum atomic E-state index is 12.5. The van der Waals surface area contributed by atoms with Crippen molar-refractivity contribution in [1.82, 2.24) is 5.32 Å². The van der Waals surface area contributed by atoms with Gasteiger partial charge in [0.05, 0.1) is 0 Å². The zero-order valence-corrected chi connectivity index (χ0v) is 16.8. The number of amides is 3.